The van der Waals surface area contributed by atoms with Crippen molar-refractivity contribution >= 4 is 23.3 Å². The number of rotatable bonds is 4. The average Bonchev–Trinajstić information content (AvgIpc) is 2.57. The number of ether oxygens (including phenoxy) is 1. The van der Waals surface area contributed by atoms with E-state index in [1.807, 2.05) is 0 Å². The highest BCUT2D eigenvalue weighted by atomic mass is 35.5. The van der Waals surface area contributed by atoms with Gasteiger partial charge in [-0.1, -0.05) is 17.7 Å². The van der Waals surface area contributed by atoms with Crippen LogP contribution in [0.1, 0.15) is 17.4 Å². The second-order valence-corrected chi connectivity index (χ2v) is 2.99. The van der Waals surface area contributed by atoms with Gasteiger partial charge >= 0.3 is 5.97 Å². The summed E-state index contributed by atoms with van der Waals surface area (Å²) in [6, 6.07) is 0. The molecule has 0 saturated carbocycles. The summed E-state index contributed by atoms with van der Waals surface area (Å²) in [5.41, 5.74) is 7.42. The maximum Gasteiger partial charge on any atom is 0.361 e. The molecule has 0 aliphatic heterocycles. The zero-order chi connectivity index (χ0) is 11.3. The lowest BCUT2D eigenvalue weighted by Crippen LogP contribution is -2.08. The van der Waals surface area contributed by atoms with Gasteiger partial charge in [-0.2, -0.15) is 5.10 Å². The highest BCUT2D eigenvalue weighted by Gasteiger charge is 2.15. The Morgan fingerprint density at radius 3 is 3.13 bits per heavy atom. The molecular weight excluding hydrogens is 218 g/mol. The lowest BCUT2D eigenvalue weighted by atomic mass is 10.4. The van der Waals surface area contributed by atoms with Gasteiger partial charge in [0.15, 0.2) is 5.69 Å². The maximum atomic E-state index is 11.3. The summed E-state index contributed by atoms with van der Waals surface area (Å²) in [6.45, 7) is 2.49. The molecule has 1 aromatic heterocycles. The molecule has 1 aromatic rings. The minimum absolute atomic E-state index is 0.139. The third-order valence-corrected chi connectivity index (χ3v) is 1.82. The number of nitrogens with zero attached hydrogens (tertiary/aromatic N) is 2. The van der Waals surface area contributed by atoms with E-state index in [9.17, 15) is 4.79 Å². The molecule has 5 nitrogen and oxygen atoms in total. The Hall–Kier alpha value is -1.49. The van der Waals surface area contributed by atoms with Crippen molar-refractivity contribution in [2.75, 3.05) is 12.3 Å². The van der Waals surface area contributed by atoms with Crippen molar-refractivity contribution < 1.29 is 9.53 Å². The Balaban J connectivity index is 2.81. The minimum Gasteiger partial charge on any atom is -0.461 e. The van der Waals surface area contributed by atoms with Crippen LogP contribution in [0.4, 0.5) is 5.69 Å². The van der Waals surface area contributed by atoms with E-state index in [4.69, 9.17) is 22.1 Å². The molecule has 0 fully saturated rings. The third-order valence-electron chi connectivity index (χ3n) is 1.64. The predicted octanol–water partition coefficient (Wildman–Crippen LogP) is 1.39. The van der Waals surface area contributed by atoms with Crippen LogP contribution < -0.4 is 5.73 Å². The minimum atomic E-state index is -0.511. The van der Waals surface area contributed by atoms with E-state index in [0.717, 1.165) is 0 Å². The van der Waals surface area contributed by atoms with Gasteiger partial charge in [0.1, 0.15) is 0 Å². The molecule has 0 atom stereocenters. The first-order valence-corrected chi connectivity index (χ1v) is 4.88. The van der Waals surface area contributed by atoms with Crippen molar-refractivity contribution in [3.05, 3.63) is 23.5 Å². The van der Waals surface area contributed by atoms with Crippen molar-refractivity contribution in [1.29, 1.82) is 0 Å². The number of hydrogen-bond acceptors (Lipinski definition) is 4. The molecule has 82 valence electrons. The van der Waals surface area contributed by atoms with Crippen LogP contribution in [0, 0.1) is 0 Å². The first kappa shape index (κ1) is 11.6. The van der Waals surface area contributed by atoms with Gasteiger partial charge in [-0.25, -0.2) is 4.79 Å². The van der Waals surface area contributed by atoms with Crippen LogP contribution in [0.5, 0.6) is 0 Å². The van der Waals surface area contributed by atoms with Gasteiger partial charge in [0, 0.05) is 11.7 Å². The van der Waals surface area contributed by atoms with Crippen molar-refractivity contribution in [1.82, 2.24) is 9.78 Å². The van der Waals surface area contributed by atoms with Crippen LogP contribution in [0.25, 0.3) is 0 Å². The number of carbonyl (C=O) groups is 1. The Kier molecular flexibility index (Phi) is 4.17. The molecule has 0 aliphatic rings. The summed E-state index contributed by atoms with van der Waals surface area (Å²) in [5, 5.41) is 3.97. The first-order valence-electron chi connectivity index (χ1n) is 4.44. The monoisotopic (exact) mass is 229 g/mol. The predicted molar refractivity (Wildman–Crippen MR) is 57.6 cm³/mol. The van der Waals surface area contributed by atoms with E-state index in [-0.39, 0.29) is 5.69 Å². The van der Waals surface area contributed by atoms with E-state index in [0.29, 0.717) is 18.8 Å². The van der Waals surface area contributed by atoms with E-state index in [2.05, 4.69) is 5.10 Å². The highest BCUT2D eigenvalue weighted by Crippen LogP contribution is 2.10. The topological polar surface area (TPSA) is 70.1 Å². The summed E-state index contributed by atoms with van der Waals surface area (Å²) >= 11 is 5.37. The van der Waals surface area contributed by atoms with E-state index in [1.165, 1.54) is 10.2 Å². The van der Waals surface area contributed by atoms with Gasteiger partial charge in [-0.15, -0.1) is 0 Å². The quantitative estimate of drug-likeness (QED) is 0.793. The summed E-state index contributed by atoms with van der Waals surface area (Å²) in [7, 11) is 0. The summed E-state index contributed by atoms with van der Waals surface area (Å²) in [4.78, 5) is 11.3. The smallest absolute Gasteiger partial charge is 0.361 e. The SMILES string of the molecule is CCOC(=O)c1nn(C/C=C/Cl)cc1N. The molecule has 0 spiro atoms. The van der Waals surface area contributed by atoms with Crippen LogP contribution in [0.3, 0.4) is 0 Å². The van der Waals surface area contributed by atoms with Crippen LogP contribution >= 0.6 is 11.6 Å². The van der Waals surface area contributed by atoms with Crippen LogP contribution in [-0.4, -0.2) is 22.4 Å². The Morgan fingerprint density at radius 2 is 2.53 bits per heavy atom. The van der Waals surface area contributed by atoms with Gasteiger partial charge < -0.3 is 10.5 Å². The second-order valence-electron chi connectivity index (χ2n) is 2.74. The van der Waals surface area contributed by atoms with Gasteiger partial charge in [0.25, 0.3) is 0 Å². The zero-order valence-corrected chi connectivity index (χ0v) is 9.07. The number of carbonyl (C=O) groups excluding carboxylic acids is 1. The largest absolute Gasteiger partial charge is 0.461 e. The van der Waals surface area contributed by atoms with Gasteiger partial charge in [0.2, 0.25) is 0 Å². The zero-order valence-electron chi connectivity index (χ0n) is 8.31. The molecule has 0 aromatic carbocycles. The number of nitrogen functional groups attached to an aromatic ring is 1. The fourth-order valence-corrected chi connectivity index (χ4v) is 1.12. The van der Waals surface area contributed by atoms with Gasteiger partial charge in [-0.05, 0) is 6.92 Å². The van der Waals surface area contributed by atoms with Crippen molar-refractivity contribution in [2.24, 2.45) is 0 Å². The lowest BCUT2D eigenvalue weighted by Gasteiger charge is -1.97. The van der Waals surface area contributed by atoms with Crippen LogP contribution in [-0.2, 0) is 11.3 Å². The number of allylic oxidation sites excluding steroid dienone is 1. The fourth-order valence-electron chi connectivity index (χ4n) is 1.04. The molecule has 0 amide bonds. The summed E-state index contributed by atoms with van der Waals surface area (Å²) < 4.78 is 6.30. The molecule has 6 heteroatoms. The molecular formula is C9H12ClN3O2. The fraction of sp³-hybridized carbons (Fsp3) is 0.333. The van der Waals surface area contributed by atoms with Crippen LogP contribution in [0.2, 0.25) is 0 Å². The highest BCUT2D eigenvalue weighted by molar-refractivity contribution is 6.25. The summed E-state index contributed by atoms with van der Waals surface area (Å²) in [6.07, 6.45) is 3.24. The van der Waals surface area contributed by atoms with Crippen LogP contribution in [0.15, 0.2) is 17.8 Å². The molecule has 0 saturated heterocycles. The molecule has 0 bridgehead atoms. The first-order chi connectivity index (χ1) is 7.19. The molecule has 2 N–H and O–H groups in total. The lowest BCUT2D eigenvalue weighted by molar-refractivity contribution is 0.0519. The van der Waals surface area contributed by atoms with Crippen molar-refractivity contribution in [3.63, 3.8) is 0 Å². The second kappa shape index (κ2) is 5.41. The molecule has 0 unspecified atom stereocenters. The summed E-state index contributed by atoms with van der Waals surface area (Å²) in [5.74, 6) is -0.511. The van der Waals surface area contributed by atoms with E-state index in [1.54, 1.807) is 19.2 Å². The number of esters is 1. The number of nitrogens with two attached hydrogens (primary N) is 1. The Labute approximate surface area is 92.5 Å². The molecule has 1 rings (SSSR count). The Bertz CT molecular complexity index is 373. The third kappa shape index (κ3) is 2.99. The normalized spacial score (nSPS) is 10.8. The van der Waals surface area contributed by atoms with E-state index >= 15 is 0 Å². The average molecular weight is 230 g/mol. The number of hydrogen-bond donors (Lipinski definition) is 1. The van der Waals surface area contributed by atoms with Crippen molar-refractivity contribution in [3.8, 4) is 0 Å². The van der Waals surface area contributed by atoms with Crippen molar-refractivity contribution in [2.45, 2.75) is 13.5 Å². The standard InChI is InChI=1S/C9H12ClN3O2/c1-2-15-9(14)8-7(11)6-13(12-8)5-3-4-10/h3-4,6H,2,5,11H2,1H3/b4-3+. The van der Waals surface area contributed by atoms with Gasteiger partial charge in [-0.3, -0.25) is 4.68 Å². The maximum absolute atomic E-state index is 11.3. The molecule has 1 heterocycles. The molecule has 15 heavy (non-hydrogen) atoms. The Morgan fingerprint density at radius 1 is 1.80 bits per heavy atom. The molecule has 0 radical (unpaired) electrons. The van der Waals surface area contributed by atoms with Gasteiger partial charge in [0.05, 0.1) is 18.8 Å². The number of anilines is 1. The molecule has 0 aliphatic carbocycles. The van der Waals surface area contributed by atoms with E-state index < -0.39 is 5.97 Å². The number of aromatic nitrogens is 2. The number of halogens is 1.